The average Bonchev–Trinajstić information content (AvgIpc) is 2.25. The van der Waals surface area contributed by atoms with Crippen LogP contribution in [0.2, 0.25) is 0 Å². The van der Waals surface area contributed by atoms with Crippen LogP contribution in [0.4, 0.5) is 0 Å². The first-order valence-corrected chi connectivity index (χ1v) is 4.12. The van der Waals surface area contributed by atoms with E-state index < -0.39 is 11.9 Å². The lowest BCUT2D eigenvalue weighted by Gasteiger charge is -2.18. The zero-order valence-electron chi connectivity index (χ0n) is 7.78. The maximum atomic E-state index is 9.33. The van der Waals surface area contributed by atoms with Crippen molar-refractivity contribution < 1.29 is 14.6 Å². The van der Waals surface area contributed by atoms with E-state index in [1.807, 2.05) is 13.8 Å². The van der Waals surface area contributed by atoms with Gasteiger partial charge in [-0.05, 0) is 20.8 Å². The minimum Gasteiger partial charge on any atom is -0.391 e. The quantitative estimate of drug-likeness (QED) is 0.633. The largest absolute Gasteiger partial charge is 0.391 e. The minimum atomic E-state index is -0.611. The normalized spacial score (nSPS) is 36.3. The third-order valence-corrected chi connectivity index (χ3v) is 1.87. The molecule has 0 aromatic heterocycles. The lowest BCUT2D eigenvalue weighted by molar-refractivity contribution is -0.152. The Bertz CT molecular complexity index is 175. The number of ether oxygens (including phenoxy) is 2. The van der Waals surface area contributed by atoms with E-state index in [0.717, 1.165) is 0 Å². The monoisotopic (exact) mass is 172 g/mol. The first kappa shape index (κ1) is 9.71. The highest BCUT2D eigenvalue weighted by molar-refractivity contribution is 4.95. The van der Waals surface area contributed by atoms with Gasteiger partial charge in [-0.1, -0.05) is 6.08 Å². The molecule has 0 radical (unpaired) electrons. The first-order chi connectivity index (χ1) is 5.46. The first-order valence-electron chi connectivity index (χ1n) is 4.12. The summed E-state index contributed by atoms with van der Waals surface area (Å²) in [5.41, 5.74) is 0. The summed E-state index contributed by atoms with van der Waals surface area (Å²) in [7, 11) is 0. The molecule has 0 aliphatic carbocycles. The van der Waals surface area contributed by atoms with Gasteiger partial charge in [0, 0.05) is 0 Å². The summed E-state index contributed by atoms with van der Waals surface area (Å²) in [6.45, 7) is 8.96. The van der Waals surface area contributed by atoms with Crippen LogP contribution in [0.5, 0.6) is 0 Å². The van der Waals surface area contributed by atoms with Gasteiger partial charge in [0.2, 0.25) is 0 Å². The molecule has 1 saturated heterocycles. The van der Waals surface area contributed by atoms with Crippen molar-refractivity contribution >= 4 is 0 Å². The third-order valence-electron chi connectivity index (χ3n) is 1.87. The molecular weight excluding hydrogens is 156 g/mol. The molecule has 0 aromatic carbocycles. The van der Waals surface area contributed by atoms with Crippen LogP contribution in [-0.2, 0) is 9.47 Å². The fraction of sp³-hybridized carbons (Fsp3) is 0.778. The molecule has 1 heterocycles. The molecule has 3 nitrogen and oxygen atoms in total. The summed E-state index contributed by atoms with van der Waals surface area (Å²) in [6, 6.07) is 0. The molecule has 1 N–H and O–H groups in total. The summed E-state index contributed by atoms with van der Waals surface area (Å²) in [6.07, 6.45) is 0.624. The molecule has 0 amide bonds. The van der Waals surface area contributed by atoms with Gasteiger partial charge in [0.05, 0.1) is 6.10 Å². The van der Waals surface area contributed by atoms with Gasteiger partial charge in [-0.2, -0.15) is 0 Å². The van der Waals surface area contributed by atoms with Crippen LogP contribution in [0, 0.1) is 0 Å². The predicted molar refractivity (Wildman–Crippen MR) is 45.7 cm³/mol. The molecule has 3 heteroatoms. The van der Waals surface area contributed by atoms with Crippen molar-refractivity contribution in [2.45, 2.75) is 44.9 Å². The van der Waals surface area contributed by atoms with E-state index in [-0.39, 0.29) is 12.2 Å². The molecule has 12 heavy (non-hydrogen) atoms. The molecule has 3 atom stereocenters. The number of rotatable bonds is 2. The van der Waals surface area contributed by atoms with Crippen molar-refractivity contribution in [3.05, 3.63) is 12.7 Å². The van der Waals surface area contributed by atoms with Gasteiger partial charge < -0.3 is 14.6 Å². The Morgan fingerprint density at radius 2 is 2.08 bits per heavy atom. The van der Waals surface area contributed by atoms with E-state index in [2.05, 4.69) is 6.58 Å². The molecule has 1 aliphatic rings. The second kappa shape index (κ2) is 3.17. The van der Waals surface area contributed by atoms with Crippen molar-refractivity contribution in [3.63, 3.8) is 0 Å². The Balaban J connectivity index is 2.69. The van der Waals surface area contributed by atoms with Crippen molar-refractivity contribution in [2.24, 2.45) is 0 Å². The number of aliphatic hydroxyl groups is 1. The highest BCUT2D eigenvalue weighted by Gasteiger charge is 2.41. The van der Waals surface area contributed by atoms with E-state index in [1.54, 1.807) is 13.0 Å². The molecule has 70 valence electrons. The predicted octanol–water partition coefficient (Wildman–Crippen LogP) is 1.07. The highest BCUT2D eigenvalue weighted by atomic mass is 16.8. The fourth-order valence-electron chi connectivity index (χ4n) is 1.37. The second-order valence-electron chi connectivity index (χ2n) is 3.54. The zero-order valence-corrected chi connectivity index (χ0v) is 7.78. The average molecular weight is 172 g/mol. The van der Waals surface area contributed by atoms with Gasteiger partial charge in [0.1, 0.15) is 12.2 Å². The minimum absolute atomic E-state index is 0.208. The van der Waals surface area contributed by atoms with Crippen LogP contribution in [0.15, 0.2) is 12.7 Å². The summed E-state index contributed by atoms with van der Waals surface area (Å²) >= 11 is 0. The lowest BCUT2D eigenvalue weighted by atomic mass is 10.1. The maximum absolute atomic E-state index is 9.33. The smallest absolute Gasteiger partial charge is 0.164 e. The molecular formula is C9H16O3. The summed E-state index contributed by atoms with van der Waals surface area (Å²) in [5, 5.41) is 9.33. The molecule has 0 aromatic rings. The molecule has 0 bridgehead atoms. The van der Waals surface area contributed by atoms with E-state index in [9.17, 15) is 5.11 Å². The Morgan fingerprint density at radius 3 is 2.42 bits per heavy atom. The van der Waals surface area contributed by atoms with Gasteiger partial charge in [0.25, 0.3) is 0 Å². The van der Waals surface area contributed by atoms with Crippen LogP contribution in [0.25, 0.3) is 0 Å². The van der Waals surface area contributed by atoms with Crippen molar-refractivity contribution in [1.29, 1.82) is 0 Å². The number of hydrogen-bond acceptors (Lipinski definition) is 3. The topological polar surface area (TPSA) is 38.7 Å². The highest BCUT2D eigenvalue weighted by Crippen LogP contribution is 2.30. The molecule has 1 fully saturated rings. The van der Waals surface area contributed by atoms with Crippen molar-refractivity contribution in [2.75, 3.05) is 0 Å². The second-order valence-corrected chi connectivity index (χ2v) is 3.54. The van der Waals surface area contributed by atoms with E-state index in [1.165, 1.54) is 0 Å². The summed E-state index contributed by atoms with van der Waals surface area (Å²) in [5.74, 6) is -0.611. The van der Waals surface area contributed by atoms with Crippen LogP contribution >= 0.6 is 0 Å². The number of hydrogen-bond donors (Lipinski definition) is 1. The van der Waals surface area contributed by atoms with Gasteiger partial charge in [-0.3, -0.25) is 0 Å². The van der Waals surface area contributed by atoms with Crippen LogP contribution < -0.4 is 0 Å². The van der Waals surface area contributed by atoms with E-state index in [0.29, 0.717) is 0 Å². The third kappa shape index (κ3) is 1.86. The van der Waals surface area contributed by atoms with Crippen molar-refractivity contribution in [1.82, 2.24) is 0 Å². The molecule has 1 rings (SSSR count). The molecule has 0 saturated carbocycles. The number of aliphatic hydroxyl groups excluding tert-OH is 1. The van der Waals surface area contributed by atoms with Crippen molar-refractivity contribution in [3.8, 4) is 0 Å². The van der Waals surface area contributed by atoms with Gasteiger partial charge in [-0.25, -0.2) is 0 Å². The Labute approximate surface area is 73.0 Å². The van der Waals surface area contributed by atoms with Crippen LogP contribution in [0.1, 0.15) is 20.8 Å². The van der Waals surface area contributed by atoms with Gasteiger partial charge in [0.15, 0.2) is 5.79 Å². The summed E-state index contributed by atoms with van der Waals surface area (Å²) < 4.78 is 10.9. The Morgan fingerprint density at radius 1 is 1.50 bits per heavy atom. The Hall–Kier alpha value is -0.380. The lowest BCUT2D eigenvalue weighted by Crippen LogP contribution is -2.32. The molecule has 1 unspecified atom stereocenters. The van der Waals surface area contributed by atoms with E-state index in [4.69, 9.17) is 9.47 Å². The van der Waals surface area contributed by atoms with E-state index >= 15 is 0 Å². The standard InChI is InChI=1S/C9H16O3/c1-5-7-8(6(2)10)12-9(3,4)11-7/h5-8,10H,1H2,2-4H3/t6?,7-,8+/m1/s1. The zero-order chi connectivity index (χ0) is 9.35. The SMILES string of the molecule is C=C[C@H]1OC(C)(C)O[C@H]1C(C)O. The van der Waals surface area contributed by atoms with Crippen LogP contribution in [0.3, 0.4) is 0 Å². The maximum Gasteiger partial charge on any atom is 0.164 e. The van der Waals surface area contributed by atoms with Gasteiger partial charge in [-0.15, -0.1) is 6.58 Å². The Kier molecular flexibility index (Phi) is 2.56. The van der Waals surface area contributed by atoms with Crippen LogP contribution in [-0.4, -0.2) is 29.2 Å². The summed E-state index contributed by atoms with van der Waals surface area (Å²) in [4.78, 5) is 0. The molecule has 0 spiro atoms. The van der Waals surface area contributed by atoms with Gasteiger partial charge >= 0.3 is 0 Å². The molecule has 1 aliphatic heterocycles. The fourth-order valence-corrected chi connectivity index (χ4v) is 1.37.